The first-order chi connectivity index (χ1) is 1.00. The largest absolute Gasteiger partial charge is 0 e. The van der Waals surface area contributed by atoms with E-state index >= 15 is 0 Å². The maximum atomic E-state index is 7.88. The Morgan fingerprint density at radius 2 is 1.25 bits per heavy atom. The third-order valence-corrected chi connectivity index (χ3v) is 0. The smallest absolute Gasteiger partial charge is 0 e. The first kappa shape index (κ1) is 16.4. The molecule has 1 radical (unpaired) electrons. The number of rotatable bonds is 0. The van der Waals surface area contributed by atoms with E-state index in [4.69, 9.17) is 3.90 Å². The van der Waals surface area contributed by atoms with Crippen LogP contribution in [0.4, 0.5) is 0 Å². The molecule has 0 saturated heterocycles. The van der Waals surface area contributed by atoms with Gasteiger partial charge in [0, 0.05) is 56.7 Å². The first-order valence-electron chi connectivity index (χ1n) is 0.129. The van der Waals surface area contributed by atoms with Crippen molar-refractivity contribution in [3.8, 4) is 0 Å². The van der Waals surface area contributed by atoms with Crippen LogP contribution in [0, 0.1) is 35.6 Å². The predicted octanol–water partition coefficient (Wildman–Crippen LogP) is -0.124. The van der Waals surface area contributed by atoms with E-state index in [1.807, 2.05) is 0 Å². The van der Waals surface area contributed by atoms with E-state index in [2.05, 4.69) is 15.4 Å². The van der Waals surface area contributed by atoms with Gasteiger partial charge in [-0.3, -0.25) is 0 Å². The molecule has 4 heavy (non-hydrogen) atoms. The third kappa shape index (κ3) is 8.90. The Hall–Kier alpha value is 2.18. The van der Waals surface area contributed by atoms with Gasteiger partial charge in [0.1, 0.15) is 0 Å². The number of hydrogen-bond donors (Lipinski definition) is 0. The molecule has 29 valence electrons. The second-order valence-corrected chi connectivity index (χ2v) is 0. The molecular formula is LaNiOPt. The normalized spacial score (nSPS) is 1.50. The molecule has 0 amide bonds. The fourth-order valence-corrected chi connectivity index (χ4v) is 0. The minimum absolute atomic E-state index is 0. The van der Waals surface area contributed by atoms with Gasteiger partial charge in [-0.05, 0) is 0 Å². The molecule has 0 unspecified atom stereocenters. The summed E-state index contributed by atoms with van der Waals surface area (Å²) in [5, 5.41) is 0. The van der Waals surface area contributed by atoms with Crippen LogP contribution in [-0.4, -0.2) is 0 Å². The zero-order valence-electron chi connectivity index (χ0n) is 1.62. The summed E-state index contributed by atoms with van der Waals surface area (Å²) < 4.78 is 7.88. The van der Waals surface area contributed by atoms with Crippen molar-refractivity contribution in [2.45, 2.75) is 0 Å². The monoisotopic (exact) mass is 408 g/mol. The fraction of sp³-hybridized carbons (Fsp3) is 0. The third-order valence-electron chi connectivity index (χ3n) is 0. The van der Waals surface area contributed by atoms with Crippen molar-refractivity contribution in [3.05, 3.63) is 0 Å². The minimum Gasteiger partial charge on any atom is 0 e. The molecule has 0 atom stereocenters. The van der Waals surface area contributed by atoms with Gasteiger partial charge in [-0.1, -0.05) is 0 Å². The predicted molar refractivity (Wildman–Crippen MR) is 0.686 cm³/mol. The molecule has 0 aliphatic heterocycles. The van der Waals surface area contributed by atoms with Crippen molar-refractivity contribution in [2.24, 2.45) is 0 Å². The van der Waals surface area contributed by atoms with Crippen molar-refractivity contribution in [3.63, 3.8) is 0 Å². The molecule has 4 heteroatoms. The molecule has 0 saturated carbocycles. The maximum Gasteiger partial charge on any atom is 0 e. The van der Waals surface area contributed by atoms with Crippen LogP contribution in [0.25, 0.3) is 0 Å². The molecule has 0 rings (SSSR count). The van der Waals surface area contributed by atoms with Gasteiger partial charge >= 0.3 is 19.3 Å². The van der Waals surface area contributed by atoms with E-state index in [0.29, 0.717) is 0 Å². The topological polar surface area (TPSA) is 17.1 Å². The van der Waals surface area contributed by atoms with Crippen LogP contribution in [0.5, 0.6) is 0 Å². The standard InChI is InChI=1S/La.Ni.O.Pt. The summed E-state index contributed by atoms with van der Waals surface area (Å²) in [5.74, 6) is 0. The van der Waals surface area contributed by atoms with Crippen LogP contribution in [0.2, 0.25) is 0 Å². The first-order valence-corrected chi connectivity index (χ1v) is 0.532. The summed E-state index contributed by atoms with van der Waals surface area (Å²) in [5.41, 5.74) is 0. The van der Waals surface area contributed by atoms with Crippen molar-refractivity contribution < 1.29 is 76.0 Å². The van der Waals surface area contributed by atoms with Gasteiger partial charge in [-0.15, -0.1) is 0 Å². The molecule has 0 spiro atoms. The summed E-state index contributed by atoms with van der Waals surface area (Å²) >= 11 is 2.62. The summed E-state index contributed by atoms with van der Waals surface area (Å²) in [6.45, 7) is 0. The van der Waals surface area contributed by atoms with Crippen LogP contribution in [0.15, 0.2) is 0 Å². The minimum atomic E-state index is 0. The molecule has 0 aliphatic rings. The average Bonchev–Trinajstić information content (AvgIpc) is 1.00. The molecule has 0 aromatic rings. The SMILES string of the molecule is [La].[O]=[Ni].[Pt]. The van der Waals surface area contributed by atoms with Gasteiger partial charge < -0.3 is 0 Å². The van der Waals surface area contributed by atoms with Crippen LogP contribution in [0.1, 0.15) is 0 Å². The Balaban J connectivity index is -0.00000000500. The molecule has 0 aromatic heterocycles. The molecular weight excluding hydrogens is 409 g/mol. The van der Waals surface area contributed by atoms with Crippen molar-refractivity contribution in [1.82, 2.24) is 0 Å². The zero-order chi connectivity index (χ0) is 2.00. The fourth-order valence-electron chi connectivity index (χ4n) is 0. The Morgan fingerprint density at radius 3 is 1.25 bits per heavy atom. The average molecular weight is 409 g/mol. The molecule has 0 aromatic carbocycles. The van der Waals surface area contributed by atoms with Crippen molar-refractivity contribution in [1.29, 1.82) is 0 Å². The van der Waals surface area contributed by atoms with Gasteiger partial charge in [0.05, 0.1) is 0 Å². The second kappa shape index (κ2) is 19.1. The molecule has 0 N–H and O–H groups in total. The second-order valence-electron chi connectivity index (χ2n) is 0. The van der Waals surface area contributed by atoms with Crippen LogP contribution < -0.4 is 0 Å². The van der Waals surface area contributed by atoms with E-state index in [1.54, 1.807) is 0 Å². The molecule has 1 nitrogen and oxygen atoms in total. The van der Waals surface area contributed by atoms with Gasteiger partial charge in [0.2, 0.25) is 0 Å². The number of hydrogen-bond acceptors (Lipinski definition) is 1. The van der Waals surface area contributed by atoms with E-state index in [0.717, 1.165) is 0 Å². The van der Waals surface area contributed by atoms with E-state index in [-0.39, 0.29) is 56.7 Å². The molecule has 0 bridgehead atoms. The zero-order valence-corrected chi connectivity index (χ0v) is 8.50. The van der Waals surface area contributed by atoms with E-state index < -0.39 is 0 Å². The molecule has 0 fully saturated rings. The van der Waals surface area contributed by atoms with Crippen LogP contribution in [-0.2, 0) is 40.4 Å². The van der Waals surface area contributed by atoms with Crippen molar-refractivity contribution in [2.75, 3.05) is 0 Å². The summed E-state index contributed by atoms with van der Waals surface area (Å²) in [6.07, 6.45) is 0. The molecule has 0 heterocycles. The summed E-state index contributed by atoms with van der Waals surface area (Å²) in [7, 11) is 0. The van der Waals surface area contributed by atoms with Gasteiger partial charge in [0.15, 0.2) is 0 Å². The van der Waals surface area contributed by atoms with Gasteiger partial charge in [-0.25, -0.2) is 0 Å². The quantitative estimate of drug-likeness (QED) is 0.511. The van der Waals surface area contributed by atoms with Crippen molar-refractivity contribution >= 4 is 0 Å². The molecule has 0 aliphatic carbocycles. The Bertz CT molecular complexity index is 8.00. The Labute approximate surface area is 74.7 Å². The van der Waals surface area contributed by atoms with Gasteiger partial charge in [-0.2, -0.15) is 0 Å². The Kier molecular flexibility index (Phi) is 78.2. The van der Waals surface area contributed by atoms with Crippen LogP contribution >= 0.6 is 0 Å². The van der Waals surface area contributed by atoms with Crippen LogP contribution in [0.3, 0.4) is 0 Å². The van der Waals surface area contributed by atoms with Gasteiger partial charge in [0.25, 0.3) is 0 Å². The summed E-state index contributed by atoms with van der Waals surface area (Å²) in [4.78, 5) is 0. The van der Waals surface area contributed by atoms with E-state index in [9.17, 15) is 0 Å². The van der Waals surface area contributed by atoms with E-state index in [1.165, 1.54) is 0 Å². The Morgan fingerprint density at radius 1 is 1.25 bits per heavy atom. The summed E-state index contributed by atoms with van der Waals surface area (Å²) in [6, 6.07) is 0. The maximum absolute atomic E-state index is 7.88.